The zero-order valence-corrected chi connectivity index (χ0v) is 28.1. The first kappa shape index (κ1) is 41.1. The number of aliphatic hydroxyl groups excluding tert-OH is 2. The molecule has 2 fully saturated rings. The zero-order chi connectivity index (χ0) is 22.5. The number of carbonyl (C=O) groups is 1. The van der Waals surface area contributed by atoms with Gasteiger partial charge in [0.25, 0.3) is 6.47 Å². The Bertz CT molecular complexity index is 360. The fraction of sp³-hybridized carbons (Fsp3) is 0.947. The van der Waals surface area contributed by atoms with Gasteiger partial charge in [0.05, 0.1) is 25.4 Å². The molecule has 0 aliphatic carbocycles. The van der Waals surface area contributed by atoms with Crippen LogP contribution >= 0.6 is 15.9 Å². The van der Waals surface area contributed by atoms with Gasteiger partial charge < -0.3 is 41.5 Å². The van der Waals surface area contributed by atoms with Gasteiger partial charge in [0.2, 0.25) is 0 Å². The van der Waals surface area contributed by atoms with Crippen molar-refractivity contribution in [1.82, 2.24) is 10.2 Å². The molecule has 9 nitrogen and oxygen atoms in total. The van der Waals surface area contributed by atoms with Crippen molar-refractivity contribution in [3.8, 4) is 0 Å². The Morgan fingerprint density at radius 2 is 1.68 bits per heavy atom. The van der Waals surface area contributed by atoms with Crippen LogP contribution < -0.4 is 113 Å². The smallest absolute Gasteiger partial charge is 1.00 e. The summed E-state index contributed by atoms with van der Waals surface area (Å²) in [6.07, 6.45) is 1.67. The van der Waals surface area contributed by atoms with Crippen molar-refractivity contribution in [3.05, 3.63) is 0 Å². The molecule has 2 rings (SSSR count). The maximum Gasteiger partial charge on any atom is 1.00 e. The number of methoxy groups -OCH3 is 2. The fourth-order valence-electron chi connectivity index (χ4n) is 2.72. The van der Waals surface area contributed by atoms with Gasteiger partial charge in [-0.15, -0.1) is 0 Å². The molecular formula is C19H41BrK2N2O7. The van der Waals surface area contributed by atoms with Crippen molar-refractivity contribution >= 4 is 22.4 Å². The van der Waals surface area contributed by atoms with Crippen LogP contribution in [0.5, 0.6) is 0 Å². The van der Waals surface area contributed by atoms with Crippen LogP contribution in [0.4, 0.5) is 0 Å². The predicted octanol–water partition coefficient (Wildman–Crippen LogP) is -6.10. The third-order valence-electron chi connectivity index (χ3n) is 4.62. The van der Waals surface area contributed by atoms with Gasteiger partial charge in [0.15, 0.2) is 0 Å². The third-order valence-corrected chi connectivity index (χ3v) is 4.94. The van der Waals surface area contributed by atoms with Gasteiger partial charge >= 0.3 is 103 Å². The molecule has 0 aromatic heterocycles. The molecule has 0 amide bonds. The number of aliphatic hydroxyl groups is 2. The molecular weight excluding hydrogens is 526 g/mol. The fourth-order valence-corrected chi connectivity index (χ4v) is 3.04. The third kappa shape index (κ3) is 27.4. The number of carbonyl (C=O) groups excluding carboxylic acids is 1. The van der Waals surface area contributed by atoms with Crippen molar-refractivity contribution < 1.29 is 139 Å². The van der Waals surface area contributed by atoms with Gasteiger partial charge in [-0.05, 0) is 31.2 Å². The summed E-state index contributed by atoms with van der Waals surface area (Å²) in [4.78, 5) is 13.6. The van der Waals surface area contributed by atoms with Gasteiger partial charge in [-0.2, -0.15) is 0 Å². The maximum absolute atomic E-state index is 9.46. The van der Waals surface area contributed by atoms with E-state index in [9.17, 15) is 5.11 Å². The van der Waals surface area contributed by atoms with Gasteiger partial charge in [-0.25, -0.2) is 0 Å². The average molecular weight is 568 g/mol. The minimum absolute atomic E-state index is 0. The van der Waals surface area contributed by atoms with E-state index >= 15 is 0 Å². The molecule has 31 heavy (non-hydrogen) atoms. The number of nitrogens with zero attached hydrogens (tertiary/aromatic N) is 1. The first-order valence-corrected chi connectivity index (χ1v) is 11.0. The second-order valence-corrected chi connectivity index (χ2v) is 7.83. The molecule has 0 bridgehead atoms. The van der Waals surface area contributed by atoms with E-state index in [1.54, 1.807) is 14.2 Å². The summed E-state index contributed by atoms with van der Waals surface area (Å²) in [6, 6.07) is 0. The number of ether oxygens (including phenoxy) is 2. The molecule has 12 heteroatoms. The van der Waals surface area contributed by atoms with Gasteiger partial charge in [-0.3, -0.25) is 4.79 Å². The van der Waals surface area contributed by atoms with Gasteiger partial charge in [0.1, 0.15) is 0 Å². The van der Waals surface area contributed by atoms with Crippen LogP contribution in [0.25, 0.3) is 0 Å². The SMILES string of the molecule is COCCBr.COCCN1CC[C@@H](O)[C@H](C)C1.C[C@@H]1CNCC[C@H]1O.O=CO[O-].[H-].[K+].[K+]. The molecule has 0 saturated carbocycles. The number of alkyl halides is 1. The Morgan fingerprint density at radius 3 is 2.00 bits per heavy atom. The van der Waals surface area contributed by atoms with E-state index in [-0.39, 0.29) is 123 Å². The Labute approximate surface area is 283 Å². The molecule has 4 atom stereocenters. The summed E-state index contributed by atoms with van der Waals surface area (Å²) in [5.41, 5.74) is 0. The Hall–Kier alpha value is 2.94. The topological polar surface area (TPSA) is 124 Å². The van der Waals surface area contributed by atoms with Crippen molar-refractivity contribution in [2.45, 2.75) is 38.9 Å². The van der Waals surface area contributed by atoms with Crippen molar-refractivity contribution in [1.29, 1.82) is 0 Å². The number of rotatable bonds is 6. The molecule has 2 heterocycles. The Balaban J connectivity index is -0.000000107. The van der Waals surface area contributed by atoms with Crippen LogP contribution in [-0.2, 0) is 19.2 Å². The van der Waals surface area contributed by atoms with E-state index < -0.39 is 0 Å². The summed E-state index contributed by atoms with van der Waals surface area (Å²) in [5, 5.41) is 31.2. The number of nitrogens with one attached hydrogen (secondary N) is 1. The second kappa shape index (κ2) is 31.0. The minimum atomic E-state index is -0.181. The summed E-state index contributed by atoms with van der Waals surface area (Å²) in [5.74, 6) is 0.861. The first-order valence-electron chi connectivity index (χ1n) is 9.93. The minimum Gasteiger partial charge on any atom is -1.00 e. The molecule has 3 N–H and O–H groups in total. The van der Waals surface area contributed by atoms with Gasteiger partial charge in [0, 0.05) is 45.7 Å². The maximum atomic E-state index is 9.46. The van der Waals surface area contributed by atoms with Crippen LogP contribution in [0.3, 0.4) is 0 Å². The van der Waals surface area contributed by atoms with Crippen LogP contribution in [0.2, 0.25) is 0 Å². The van der Waals surface area contributed by atoms with Crippen LogP contribution in [0.15, 0.2) is 0 Å². The second-order valence-electron chi connectivity index (χ2n) is 7.04. The molecule has 2 saturated heterocycles. The molecule has 0 aromatic rings. The number of hydrogen-bond acceptors (Lipinski definition) is 9. The zero-order valence-electron chi connectivity index (χ0n) is 21.2. The van der Waals surface area contributed by atoms with E-state index in [0.717, 1.165) is 64.1 Å². The number of halogens is 1. The Morgan fingerprint density at radius 1 is 1.13 bits per heavy atom. The van der Waals surface area contributed by atoms with Crippen LogP contribution in [0, 0.1) is 11.8 Å². The van der Waals surface area contributed by atoms with E-state index in [0.29, 0.717) is 11.8 Å². The molecule has 0 radical (unpaired) electrons. The standard InChI is InChI=1S/C9H19NO2.C6H13NO.C3H7BrO.CH2O3.2K.H/c1-8-7-10(5-6-12-2)4-3-9(8)11;1-5-4-7-3-2-6(5)8;1-5-3-2-4;2-1-4-3;;;/h8-9,11H,3-7H2,1-2H3;5-8H,2-4H2,1H3;2-3H2,1H3;1,3H;;;/q;;;;2*+1;-1/p-1/t8-,9-;5-,6-;;;;;/m11...../s1. The number of likely N-dealkylation sites (tertiary alicyclic amines) is 1. The monoisotopic (exact) mass is 566 g/mol. The van der Waals surface area contributed by atoms with Gasteiger partial charge in [-0.1, -0.05) is 29.8 Å². The molecule has 0 aromatic carbocycles. The van der Waals surface area contributed by atoms with Crippen molar-refractivity contribution in [2.24, 2.45) is 11.8 Å². The summed E-state index contributed by atoms with van der Waals surface area (Å²) in [6.45, 7) is 10.5. The normalized spacial score (nSPS) is 24.8. The average Bonchev–Trinajstić information content (AvgIpc) is 2.73. The number of piperidine rings is 2. The van der Waals surface area contributed by atoms with E-state index in [1.807, 2.05) is 0 Å². The van der Waals surface area contributed by atoms with Crippen molar-refractivity contribution in [3.63, 3.8) is 0 Å². The first-order chi connectivity index (χ1) is 13.9. The van der Waals surface area contributed by atoms with Crippen molar-refractivity contribution in [2.75, 3.05) is 65.5 Å². The summed E-state index contributed by atoms with van der Waals surface area (Å²) < 4.78 is 9.65. The van der Waals surface area contributed by atoms with E-state index in [4.69, 9.17) is 19.9 Å². The van der Waals surface area contributed by atoms with E-state index in [1.165, 1.54) is 0 Å². The predicted molar refractivity (Wildman–Crippen MR) is 115 cm³/mol. The summed E-state index contributed by atoms with van der Waals surface area (Å²) >= 11 is 3.18. The Kier molecular flexibility index (Phi) is 41.0. The molecule has 2 aliphatic heterocycles. The molecule has 0 unspecified atom stereocenters. The molecule has 0 spiro atoms. The van der Waals surface area contributed by atoms with E-state index in [2.05, 4.69) is 49.6 Å². The van der Waals surface area contributed by atoms with Crippen LogP contribution in [0.1, 0.15) is 28.1 Å². The molecule has 2 aliphatic rings. The number of hydrogen-bond donors (Lipinski definition) is 3. The molecule has 178 valence electrons. The quantitative estimate of drug-likeness (QED) is 0.0947. The van der Waals surface area contributed by atoms with Crippen LogP contribution in [-0.4, -0.2) is 99.3 Å². The largest absolute Gasteiger partial charge is 1.00 e. The summed E-state index contributed by atoms with van der Waals surface area (Å²) in [7, 11) is 3.41.